The van der Waals surface area contributed by atoms with Gasteiger partial charge in [-0.1, -0.05) is 40.8 Å². The van der Waals surface area contributed by atoms with Gasteiger partial charge in [0.1, 0.15) is 5.82 Å². The Morgan fingerprint density at radius 3 is 2.58 bits per heavy atom. The normalized spacial score (nSPS) is 10.2. The second-order valence-electron chi connectivity index (χ2n) is 2.74. The summed E-state index contributed by atoms with van der Waals surface area (Å²) in [5.74, 6) is -0.0639. The summed E-state index contributed by atoms with van der Waals surface area (Å²) < 4.78 is 14.2. The highest BCUT2D eigenvalue weighted by molar-refractivity contribution is 14.1. The van der Waals surface area contributed by atoms with E-state index in [1.807, 2.05) is 12.1 Å². The maximum atomic E-state index is 13.0. The first-order valence-corrected chi connectivity index (χ1v) is 5.66. The molecule has 0 aliphatic rings. The number of aryl methyl sites for hydroxylation is 1. The highest BCUT2D eigenvalue weighted by Gasteiger charge is 1.98. The van der Waals surface area contributed by atoms with Gasteiger partial charge in [-0.15, -0.1) is 0 Å². The highest BCUT2D eigenvalue weighted by atomic mass is 127. The molecule has 0 fully saturated rings. The predicted octanol–water partition coefficient (Wildman–Crippen LogP) is 3.58. The van der Waals surface area contributed by atoms with E-state index in [2.05, 4.69) is 22.6 Å². The predicted molar refractivity (Wildman–Crippen MR) is 58.2 cm³/mol. The topological polar surface area (TPSA) is 0 Å². The van der Waals surface area contributed by atoms with E-state index >= 15 is 0 Å². The van der Waals surface area contributed by atoms with Crippen molar-refractivity contribution in [2.45, 2.75) is 19.3 Å². The Kier molecular flexibility index (Phi) is 4.58. The molecular weight excluding hydrogens is 266 g/mol. The Bertz CT molecular complexity index is 235. The van der Waals surface area contributed by atoms with Gasteiger partial charge in [0.2, 0.25) is 0 Å². The Labute approximate surface area is 86.3 Å². The van der Waals surface area contributed by atoms with Gasteiger partial charge in [0, 0.05) is 0 Å². The van der Waals surface area contributed by atoms with E-state index < -0.39 is 0 Å². The lowest BCUT2D eigenvalue weighted by molar-refractivity contribution is 0.604. The van der Waals surface area contributed by atoms with E-state index in [0.717, 1.165) is 22.8 Å². The van der Waals surface area contributed by atoms with Gasteiger partial charge in [-0.2, -0.15) is 0 Å². The first-order valence-electron chi connectivity index (χ1n) is 4.14. The van der Waals surface area contributed by atoms with Gasteiger partial charge in [0.25, 0.3) is 0 Å². The van der Waals surface area contributed by atoms with Crippen LogP contribution in [-0.2, 0) is 6.42 Å². The van der Waals surface area contributed by atoms with Gasteiger partial charge in [-0.05, 0) is 35.3 Å². The van der Waals surface area contributed by atoms with Gasteiger partial charge < -0.3 is 0 Å². The van der Waals surface area contributed by atoms with Crippen molar-refractivity contribution >= 4 is 22.6 Å². The van der Waals surface area contributed by atoms with Crippen molar-refractivity contribution in [2.75, 3.05) is 4.43 Å². The summed E-state index contributed by atoms with van der Waals surface area (Å²) in [7, 11) is 0. The molecule has 0 amide bonds. The molecule has 0 heterocycles. The number of benzene rings is 1. The van der Waals surface area contributed by atoms with Crippen LogP contribution in [0.25, 0.3) is 0 Å². The van der Waals surface area contributed by atoms with Crippen LogP contribution in [-0.4, -0.2) is 4.43 Å². The average Bonchev–Trinajstić information content (AvgIpc) is 2.09. The summed E-state index contributed by atoms with van der Waals surface area (Å²) in [6, 6.07) is 7.02. The fraction of sp³-hybridized carbons (Fsp3) is 0.400. The molecule has 2 heteroatoms. The largest absolute Gasteiger partial charge is 0.207 e. The molecule has 0 radical (unpaired) electrons. The standard InChI is InChI=1S/C10H12FI/c11-10-7-2-1-5-9(10)6-3-4-8-12/h1-2,5,7H,3-4,6,8H2. The summed E-state index contributed by atoms with van der Waals surface area (Å²) in [5.41, 5.74) is 0.849. The molecule has 1 aromatic rings. The number of rotatable bonds is 4. The molecule has 0 nitrogen and oxygen atoms in total. The van der Waals surface area contributed by atoms with Gasteiger partial charge >= 0.3 is 0 Å². The fourth-order valence-corrected chi connectivity index (χ4v) is 1.65. The Hall–Kier alpha value is -0.120. The molecule has 66 valence electrons. The molecule has 0 bridgehead atoms. The quantitative estimate of drug-likeness (QED) is 0.448. The number of alkyl halides is 1. The number of hydrogen-bond donors (Lipinski definition) is 0. The van der Waals surface area contributed by atoms with Crippen LogP contribution in [0, 0.1) is 5.82 Å². The molecule has 0 aliphatic heterocycles. The summed E-state index contributed by atoms with van der Waals surface area (Å²) in [6.07, 6.45) is 3.13. The SMILES string of the molecule is Fc1ccccc1CCCCI. The minimum absolute atomic E-state index is 0.0639. The minimum Gasteiger partial charge on any atom is -0.207 e. The molecule has 1 aromatic carbocycles. The van der Waals surface area contributed by atoms with Crippen LogP contribution in [0.15, 0.2) is 24.3 Å². The van der Waals surface area contributed by atoms with Crippen molar-refractivity contribution in [1.82, 2.24) is 0 Å². The molecule has 0 unspecified atom stereocenters. The molecule has 0 aliphatic carbocycles. The Morgan fingerprint density at radius 2 is 1.92 bits per heavy atom. The van der Waals surface area contributed by atoms with Crippen LogP contribution in [0.1, 0.15) is 18.4 Å². The van der Waals surface area contributed by atoms with Crippen LogP contribution >= 0.6 is 22.6 Å². The van der Waals surface area contributed by atoms with E-state index in [1.54, 1.807) is 6.07 Å². The van der Waals surface area contributed by atoms with Crippen LogP contribution in [0.3, 0.4) is 0 Å². The third-order valence-corrected chi connectivity index (χ3v) is 2.55. The zero-order chi connectivity index (χ0) is 8.81. The van der Waals surface area contributed by atoms with E-state index in [-0.39, 0.29) is 5.82 Å². The number of unbranched alkanes of at least 4 members (excludes halogenated alkanes) is 1. The van der Waals surface area contributed by atoms with Gasteiger partial charge in [-0.3, -0.25) is 0 Å². The summed E-state index contributed by atoms with van der Waals surface area (Å²) in [6.45, 7) is 0. The van der Waals surface area contributed by atoms with Crippen LogP contribution in [0.4, 0.5) is 4.39 Å². The second kappa shape index (κ2) is 5.51. The smallest absolute Gasteiger partial charge is 0.126 e. The Balaban J connectivity index is 2.46. The maximum absolute atomic E-state index is 13.0. The van der Waals surface area contributed by atoms with E-state index in [4.69, 9.17) is 0 Å². The van der Waals surface area contributed by atoms with Crippen LogP contribution in [0.5, 0.6) is 0 Å². The molecule has 0 spiro atoms. The molecule has 0 atom stereocenters. The molecule has 12 heavy (non-hydrogen) atoms. The molecule has 0 N–H and O–H groups in total. The third kappa shape index (κ3) is 3.09. The van der Waals surface area contributed by atoms with E-state index in [0.29, 0.717) is 0 Å². The lowest BCUT2D eigenvalue weighted by Gasteiger charge is -2.00. The fourth-order valence-electron chi connectivity index (χ4n) is 1.11. The first-order chi connectivity index (χ1) is 5.84. The monoisotopic (exact) mass is 278 g/mol. The average molecular weight is 278 g/mol. The van der Waals surface area contributed by atoms with E-state index in [9.17, 15) is 4.39 Å². The van der Waals surface area contributed by atoms with Crippen molar-refractivity contribution in [3.63, 3.8) is 0 Å². The molecular formula is C10H12FI. The summed E-state index contributed by atoms with van der Waals surface area (Å²) >= 11 is 2.35. The zero-order valence-corrected chi connectivity index (χ0v) is 9.05. The summed E-state index contributed by atoms with van der Waals surface area (Å²) in [4.78, 5) is 0. The van der Waals surface area contributed by atoms with Crippen molar-refractivity contribution in [3.05, 3.63) is 35.6 Å². The van der Waals surface area contributed by atoms with Crippen molar-refractivity contribution < 1.29 is 4.39 Å². The molecule has 0 aromatic heterocycles. The maximum Gasteiger partial charge on any atom is 0.126 e. The first kappa shape index (κ1) is 9.96. The van der Waals surface area contributed by atoms with Crippen LogP contribution in [0.2, 0.25) is 0 Å². The molecule has 0 saturated heterocycles. The second-order valence-corrected chi connectivity index (χ2v) is 3.82. The van der Waals surface area contributed by atoms with Gasteiger partial charge in [-0.25, -0.2) is 4.39 Å². The van der Waals surface area contributed by atoms with Gasteiger partial charge in [0.05, 0.1) is 0 Å². The third-order valence-electron chi connectivity index (χ3n) is 1.79. The number of halogens is 2. The van der Waals surface area contributed by atoms with Crippen molar-refractivity contribution in [3.8, 4) is 0 Å². The molecule has 0 saturated carbocycles. The minimum atomic E-state index is -0.0639. The Morgan fingerprint density at radius 1 is 1.17 bits per heavy atom. The van der Waals surface area contributed by atoms with Crippen molar-refractivity contribution in [2.24, 2.45) is 0 Å². The van der Waals surface area contributed by atoms with Gasteiger partial charge in [0.15, 0.2) is 0 Å². The lowest BCUT2D eigenvalue weighted by atomic mass is 10.1. The van der Waals surface area contributed by atoms with Crippen LogP contribution < -0.4 is 0 Å². The lowest BCUT2D eigenvalue weighted by Crippen LogP contribution is -1.90. The number of hydrogen-bond acceptors (Lipinski definition) is 0. The highest BCUT2D eigenvalue weighted by Crippen LogP contribution is 2.10. The molecule has 1 rings (SSSR count). The van der Waals surface area contributed by atoms with E-state index in [1.165, 1.54) is 12.5 Å². The summed E-state index contributed by atoms with van der Waals surface area (Å²) in [5, 5.41) is 0. The zero-order valence-electron chi connectivity index (χ0n) is 6.89. The van der Waals surface area contributed by atoms with Crippen molar-refractivity contribution in [1.29, 1.82) is 0 Å².